The summed E-state index contributed by atoms with van der Waals surface area (Å²) < 4.78 is 0. The molecule has 1 aliphatic heterocycles. The second-order valence-electron chi connectivity index (χ2n) is 2.33. The predicted octanol–water partition coefficient (Wildman–Crippen LogP) is 0.815. The molecule has 2 rings (SSSR count). The quantitative estimate of drug-likeness (QED) is 0.540. The first-order valence-corrected chi connectivity index (χ1v) is 3.06. The van der Waals surface area contributed by atoms with Gasteiger partial charge in [-0.05, 0) is 18.9 Å². The summed E-state index contributed by atoms with van der Waals surface area (Å²) in [5, 5.41) is 0. The molecule has 0 radical (unpaired) electrons. The summed E-state index contributed by atoms with van der Waals surface area (Å²) >= 11 is 0. The molecule has 1 fully saturated rings. The van der Waals surface area contributed by atoms with Crippen LogP contribution in [0.15, 0.2) is 11.8 Å². The van der Waals surface area contributed by atoms with Crippen LogP contribution in [0, 0.1) is 5.92 Å². The third kappa shape index (κ3) is 0.611. The van der Waals surface area contributed by atoms with Crippen LogP contribution in [-0.2, 0) is 4.84 Å². The van der Waals surface area contributed by atoms with Crippen LogP contribution in [0.1, 0.15) is 12.8 Å². The van der Waals surface area contributed by atoms with Gasteiger partial charge in [-0.2, -0.15) is 5.48 Å². The molecule has 0 unspecified atom stereocenters. The van der Waals surface area contributed by atoms with Crippen molar-refractivity contribution in [3.05, 3.63) is 11.8 Å². The number of nitrogens with one attached hydrogen (secondary N) is 1. The van der Waals surface area contributed by atoms with Crippen LogP contribution in [0.25, 0.3) is 0 Å². The van der Waals surface area contributed by atoms with Crippen LogP contribution in [0.5, 0.6) is 0 Å². The van der Waals surface area contributed by atoms with E-state index < -0.39 is 0 Å². The Kier molecular flexibility index (Phi) is 0.815. The summed E-state index contributed by atoms with van der Waals surface area (Å²) in [6, 6.07) is 0. The molecule has 0 spiro atoms. The van der Waals surface area contributed by atoms with Gasteiger partial charge < -0.3 is 4.84 Å². The highest BCUT2D eigenvalue weighted by Crippen LogP contribution is 2.37. The summed E-state index contributed by atoms with van der Waals surface area (Å²) in [6.45, 7) is 0.895. The smallest absolute Gasteiger partial charge is 0.124 e. The lowest BCUT2D eigenvalue weighted by Crippen LogP contribution is -2.04. The lowest BCUT2D eigenvalue weighted by molar-refractivity contribution is 0.128. The molecule has 44 valence electrons. The Morgan fingerprint density at radius 2 is 2.50 bits per heavy atom. The van der Waals surface area contributed by atoms with Crippen molar-refractivity contribution in [2.75, 3.05) is 6.54 Å². The Balaban J connectivity index is 2.02. The van der Waals surface area contributed by atoms with E-state index in [0.717, 1.165) is 12.5 Å². The minimum absolute atomic E-state index is 0.769. The number of hydrogen-bond acceptors (Lipinski definition) is 2. The molecule has 1 saturated carbocycles. The van der Waals surface area contributed by atoms with Crippen LogP contribution < -0.4 is 5.48 Å². The molecular weight excluding hydrogens is 102 g/mol. The van der Waals surface area contributed by atoms with Gasteiger partial charge >= 0.3 is 0 Å². The summed E-state index contributed by atoms with van der Waals surface area (Å²) in [5.74, 6) is 1.94. The van der Waals surface area contributed by atoms with E-state index in [9.17, 15) is 0 Å². The van der Waals surface area contributed by atoms with Gasteiger partial charge in [-0.25, -0.2) is 0 Å². The Morgan fingerprint density at radius 3 is 3.00 bits per heavy atom. The molecule has 2 aliphatic rings. The molecular formula is C6H9NO. The molecule has 1 heterocycles. The zero-order chi connectivity index (χ0) is 5.40. The van der Waals surface area contributed by atoms with Crippen molar-refractivity contribution < 1.29 is 4.84 Å². The van der Waals surface area contributed by atoms with E-state index in [2.05, 4.69) is 11.6 Å². The van der Waals surface area contributed by atoms with Crippen LogP contribution in [0.2, 0.25) is 0 Å². The first kappa shape index (κ1) is 4.39. The molecule has 0 amide bonds. The fourth-order valence-electron chi connectivity index (χ4n) is 0.927. The van der Waals surface area contributed by atoms with Crippen molar-refractivity contribution in [1.82, 2.24) is 5.48 Å². The van der Waals surface area contributed by atoms with Crippen LogP contribution in [0.4, 0.5) is 0 Å². The molecule has 2 nitrogen and oxygen atoms in total. The largest absolute Gasteiger partial charge is 0.413 e. The van der Waals surface area contributed by atoms with Crippen molar-refractivity contribution in [1.29, 1.82) is 0 Å². The molecule has 0 atom stereocenters. The first-order valence-electron chi connectivity index (χ1n) is 3.06. The van der Waals surface area contributed by atoms with Gasteiger partial charge in [0.25, 0.3) is 0 Å². The maximum Gasteiger partial charge on any atom is 0.124 e. The van der Waals surface area contributed by atoms with E-state index in [1.165, 1.54) is 18.6 Å². The summed E-state index contributed by atoms with van der Waals surface area (Å²) in [7, 11) is 0. The molecule has 0 aromatic rings. The molecule has 0 aromatic carbocycles. The molecule has 2 heteroatoms. The predicted molar refractivity (Wildman–Crippen MR) is 29.9 cm³/mol. The highest BCUT2D eigenvalue weighted by molar-refractivity contribution is 5.08. The zero-order valence-electron chi connectivity index (χ0n) is 4.68. The molecule has 1 aliphatic carbocycles. The Morgan fingerprint density at radius 1 is 1.62 bits per heavy atom. The van der Waals surface area contributed by atoms with Crippen LogP contribution in [-0.4, -0.2) is 6.54 Å². The molecule has 0 bridgehead atoms. The van der Waals surface area contributed by atoms with Crippen molar-refractivity contribution in [2.24, 2.45) is 5.92 Å². The highest BCUT2D eigenvalue weighted by atomic mass is 16.7. The monoisotopic (exact) mass is 111 g/mol. The lowest BCUT2D eigenvalue weighted by atomic mass is 10.3. The van der Waals surface area contributed by atoms with E-state index >= 15 is 0 Å². The summed E-state index contributed by atoms with van der Waals surface area (Å²) in [5.41, 5.74) is 2.80. The molecule has 0 aromatic heterocycles. The van der Waals surface area contributed by atoms with E-state index in [4.69, 9.17) is 4.84 Å². The second kappa shape index (κ2) is 1.49. The average Bonchev–Trinajstić information content (AvgIpc) is 2.49. The van der Waals surface area contributed by atoms with E-state index in [1.807, 2.05) is 0 Å². The maximum atomic E-state index is 5.09. The molecule has 0 saturated heterocycles. The number of hydrogen-bond donors (Lipinski definition) is 1. The number of allylic oxidation sites excluding steroid dienone is 1. The molecule has 1 N–H and O–H groups in total. The maximum absolute atomic E-state index is 5.09. The Labute approximate surface area is 48.5 Å². The highest BCUT2D eigenvalue weighted by Gasteiger charge is 2.29. The lowest BCUT2D eigenvalue weighted by Gasteiger charge is -1.96. The van der Waals surface area contributed by atoms with Gasteiger partial charge in [-0.3, -0.25) is 0 Å². The van der Waals surface area contributed by atoms with Gasteiger partial charge in [0.15, 0.2) is 0 Å². The topological polar surface area (TPSA) is 21.3 Å². The van der Waals surface area contributed by atoms with Crippen LogP contribution in [0.3, 0.4) is 0 Å². The van der Waals surface area contributed by atoms with Crippen molar-refractivity contribution in [3.8, 4) is 0 Å². The van der Waals surface area contributed by atoms with Gasteiger partial charge in [0.2, 0.25) is 0 Å². The number of hydroxylamine groups is 1. The Hall–Kier alpha value is -0.500. The zero-order valence-corrected chi connectivity index (χ0v) is 4.68. The minimum Gasteiger partial charge on any atom is -0.413 e. The fraction of sp³-hybridized carbons (Fsp3) is 0.667. The van der Waals surface area contributed by atoms with E-state index in [-0.39, 0.29) is 0 Å². The second-order valence-corrected chi connectivity index (χ2v) is 2.33. The van der Waals surface area contributed by atoms with Crippen molar-refractivity contribution in [3.63, 3.8) is 0 Å². The molecule has 8 heavy (non-hydrogen) atoms. The van der Waals surface area contributed by atoms with Crippen molar-refractivity contribution >= 4 is 0 Å². The normalized spacial score (nSPS) is 27.2. The van der Waals surface area contributed by atoms with Gasteiger partial charge in [0, 0.05) is 5.92 Å². The Bertz CT molecular complexity index is 126. The van der Waals surface area contributed by atoms with E-state index in [0.29, 0.717) is 0 Å². The summed E-state index contributed by atoms with van der Waals surface area (Å²) in [6.07, 6.45) is 4.78. The third-order valence-electron chi connectivity index (χ3n) is 1.56. The van der Waals surface area contributed by atoms with Gasteiger partial charge in [0.05, 0.1) is 6.54 Å². The van der Waals surface area contributed by atoms with Crippen molar-refractivity contribution in [2.45, 2.75) is 12.8 Å². The van der Waals surface area contributed by atoms with Gasteiger partial charge in [0.1, 0.15) is 5.76 Å². The SMILES string of the molecule is C1=C(C2CC2)ONC1. The third-order valence-corrected chi connectivity index (χ3v) is 1.56. The van der Waals surface area contributed by atoms with Crippen LogP contribution >= 0.6 is 0 Å². The minimum atomic E-state index is 0.769. The average molecular weight is 111 g/mol. The first-order chi connectivity index (χ1) is 3.97. The fourth-order valence-corrected chi connectivity index (χ4v) is 0.927. The van der Waals surface area contributed by atoms with Gasteiger partial charge in [-0.1, -0.05) is 0 Å². The summed E-state index contributed by atoms with van der Waals surface area (Å²) in [4.78, 5) is 5.09. The van der Waals surface area contributed by atoms with E-state index in [1.54, 1.807) is 0 Å². The number of rotatable bonds is 1. The standard InChI is InChI=1S/C6H9NO/c1-2-5(1)6-3-4-7-8-6/h3,5,7H,1-2,4H2. The van der Waals surface area contributed by atoms with Gasteiger partial charge in [-0.15, -0.1) is 0 Å².